The van der Waals surface area contributed by atoms with E-state index in [1.54, 1.807) is 0 Å². The zero-order valence-electron chi connectivity index (χ0n) is 18.9. The summed E-state index contributed by atoms with van der Waals surface area (Å²) < 4.78 is 0. The number of anilines is 2. The highest BCUT2D eigenvalue weighted by Gasteiger charge is 2.23. The minimum absolute atomic E-state index is 0.0196. The van der Waals surface area contributed by atoms with Crippen molar-refractivity contribution < 1.29 is 9.59 Å². The predicted molar refractivity (Wildman–Crippen MR) is 122 cm³/mol. The molecule has 0 bridgehead atoms. The van der Waals surface area contributed by atoms with Crippen LogP contribution in [0.4, 0.5) is 11.4 Å². The fourth-order valence-corrected chi connectivity index (χ4v) is 3.88. The Morgan fingerprint density at radius 3 is 2.45 bits per heavy atom. The van der Waals surface area contributed by atoms with E-state index < -0.39 is 0 Å². The van der Waals surface area contributed by atoms with Gasteiger partial charge in [-0.25, -0.2) is 0 Å². The summed E-state index contributed by atoms with van der Waals surface area (Å²) in [5, 5.41) is 6.06. The van der Waals surface area contributed by atoms with Gasteiger partial charge in [0.15, 0.2) is 0 Å². The molecule has 2 rings (SSSR count). The highest BCUT2D eigenvalue weighted by molar-refractivity contribution is 6.02. The molecule has 29 heavy (non-hydrogen) atoms. The van der Waals surface area contributed by atoms with Gasteiger partial charge in [0.2, 0.25) is 5.91 Å². The van der Waals surface area contributed by atoms with Gasteiger partial charge in [0.1, 0.15) is 0 Å². The van der Waals surface area contributed by atoms with Crippen LogP contribution in [0.2, 0.25) is 0 Å². The second kappa shape index (κ2) is 11.2. The fraction of sp³-hybridized carbons (Fsp3) is 0.667. The zero-order valence-corrected chi connectivity index (χ0v) is 18.9. The van der Waals surface area contributed by atoms with Crippen molar-refractivity contribution in [3.05, 3.63) is 23.8 Å². The molecule has 1 saturated heterocycles. The number of rotatable bonds is 9. The van der Waals surface area contributed by atoms with E-state index in [1.807, 2.05) is 32.0 Å². The summed E-state index contributed by atoms with van der Waals surface area (Å²) in [5.74, 6) is 0.719. The van der Waals surface area contributed by atoms with Gasteiger partial charge in [0, 0.05) is 36.4 Å². The van der Waals surface area contributed by atoms with Gasteiger partial charge in [-0.05, 0) is 63.6 Å². The van der Waals surface area contributed by atoms with E-state index >= 15 is 0 Å². The van der Waals surface area contributed by atoms with Crippen molar-refractivity contribution in [1.82, 2.24) is 5.32 Å². The van der Waals surface area contributed by atoms with Crippen molar-refractivity contribution in [2.45, 2.75) is 79.2 Å². The summed E-state index contributed by atoms with van der Waals surface area (Å²) in [5.41, 5.74) is 2.31. The van der Waals surface area contributed by atoms with Gasteiger partial charge in [-0.2, -0.15) is 0 Å². The Morgan fingerprint density at radius 2 is 1.86 bits per heavy atom. The fourth-order valence-electron chi connectivity index (χ4n) is 3.88. The molecule has 2 amide bonds. The predicted octanol–water partition coefficient (Wildman–Crippen LogP) is 5.22. The summed E-state index contributed by atoms with van der Waals surface area (Å²) in [4.78, 5) is 27.9. The lowest BCUT2D eigenvalue weighted by Crippen LogP contribution is -2.36. The number of carbonyl (C=O) groups excluding carboxylic acids is 2. The van der Waals surface area contributed by atoms with Crippen molar-refractivity contribution in [3.8, 4) is 0 Å². The average molecular weight is 402 g/mol. The Hall–Kier alpha value is -2.04. The molecule has 1 aliphatic heterocycles. The average Bonchev–Trinajstić information content (AvgIpc) is 2.68. The van der Waals surface area contributed by atoms with Crippen LogP contribution in [-0.4, -0.2) is 30.9 Å². The first-order valence-corrected chi connectivity index (χ1v) is 11.4. The maximum absolute atomic E-state index is 12.9. The van der Waals surface area contributed by atoms with Gasteiger partial charge in [0.25, 0.3) is 5.91 Å². The number of carbonyl (C=O) groups is 2. The molecular weight excluding hydrogens is 362 g/mol. The van der Waals surface area contributed by atoms with Crippen LogP contribution in [0, 0.1) is 11.8 Å². The summed E-state index contributed by atoms with van der Waals surface area (Å²) in [6.07, 6.45) is 6.16. The Balaban J connectivity index is 2.24. The number of unbranched alkanes of at least 4 members (excludes halogenated alkanes) is 1. The molecule has 0 unspecified atom stereocenters. The number of piperidine rings is 1. The molecule has 0 radical (unpaired) electrons. The minimum atomic E-state index is -0.0808. The molecule has 0 spiro atoms. The van der Waals surface area contributed by atoms with Gasteiger partial charge in [-0.3, -0.25) is 9.59 Å². The molecule has 5 nitrogen and oxygen atoms in total. The highest BCUT2D eigenvalue weighted by atomic mass is 16.2. The number of hydrogen-bond donors (Lipinski definition) is 2. The highest BCUT2D eigenvalue weighted by Crippen LogP contribution is 2.29. The lowest BCUT2D eigenvalue weighted by molar-refractivity contribution is -0.120. The molecule has 162 valence electrons. The lowest BCUT2D eigenvalue weighted by Gasteiger charge is -2.33. The molecule has 2 N–H and O–H groups in total. The van der Waals surface area contributed by atoms with E-state index in [0.717, 1.165) is 63.2 Å². The topological polar surface area (TPSA) is 61.4 Å². The second-order valence-corrected chi connectivity index (χ2v) is 8.77. The molecule has 1 heterocycles. The molecule has 1 aliphatic rings. The van der Waals surface area contributed by atoms with Gasteiger partial charge >= 0.3 is 0 Å². The van der Waals surface area contributed by atoms with E-state index in [4.69, 9.17) is 0 Å². The molecule has 1 aromatic rings. The van der Waals surface area contributed by atoms with E-state index in [0.29, 0.717) is 11.3 Å². The lowest BCUT2D eigenvalue weighted by atomic mass is 9.97. The molecule has 1 fully saturated rings. The van der Waals surface area contributed by atoms with Crippen LogP contribution in [0.1, 0.15) is 83.5 Å². The summed E-state index contributed by atoms with van der Waals surface area (Å²) >= 11 is 0. The summed E-state index contributed by atoms with van der Waals surface area (Å²) in [6.45, 7) is 12.3. The number of nitrogens with one attached hydrogen (secondary N) is 2. The van der Waals surface area contributed by atoms with E-state index in [9.17, 15) is 9.59 Å². The van der Waals surface area contributed by atoms with Crippen LogP contribution < -0.4 is 15.5 Å². The first-order valence-electron chi connectivity index (χ1n) is 11.4. The molecule has 5 heteroatoms. The van der Waals surface area contributed by atoms with Crippen LogP contribution >= 0.6 is 0 Å². The van der Waals surface area contributed by atoms with Crippen LogP contribution in [0.25, 0.3) is 0 Å². The first-order chi connectivity index (χ1) is 13.8. The number of nitrogens with zero attached hydrogens (tertiary/aromatic N) is 1. The number of amides is 2. The number of benzene rings is 1. The van der Waals surface area contributed by atoms with Crippen molar-refractivity contribution >= 4 is 23.2 Å². The number of hydrogen-bond acceptors (Lipinski definition) is 3. The van der Waals surface area contributed by atoms with Crippen molar-refractivity contribution in [2.75, 3.05) is 23.3 Å². The van der Waals surface area contributed by atoms with Crippen LogP contribution in [-0.2, 0) is 4.79 Å². The van der Waals surface area contributed by atoms with Crippen LogP contribution in [0.15, 0.2) is 18.2 Å². The molecule has 0 aromatic heterocycles. The van der Waals surface area contributed by atoms with Crippen molar-refractivity contribution in [3.63, 3.8) is 0 Å². The van der Waals surface area contributed by atoms with Crippen LogP contribution in [0.3, 0.4) is 0 Å². The molecule has 0 saturated carbocycles. The summed E-state index contributed by atoms with van der Waals surface area (Å²) in [7, 11) is 0. The summed E-state index contributed by atoms with van der Waals surface area (Å²) in [6, 6.07) is 5.83. The quantitative estimate of drug-likeness (QED) is 0.597. The normalized spacial score (nSPS) is 16.0. The third-order valence-corrected chi connectivity index (χ3v) is 5.82. The van der Waals surface area contributed by atoms with Gasteiger partial charge < -0.3 is 15.5 Å². The Bertz CT molecular complexity index is 679. The van der Waals surface area contributed by atoms with Crippen molar-refractivity contribution in [2.24, 2.45) is 11.8 Å². The first kappa shape index (κ1) is 23.2. The third kappa shape index (κ3) is 6.76. The van der Waals surface area contributed by atoms with E-state index in [-0.39, 0.29) is 23.8 Å². The van der Waals surface area contributed by atoms with E-state index in [2.05, 4.69) is 36.3 Å². The smallest absolute Gasteiger partial charge is 0.253 e. The molecular formula is C24H39N3O2. The molecule has 1 atom stereocenters. The van der Waals surface area contributed by atoms with Crippen LogP contribution in [0.5, 0.6) is 0 Å². The largest absolute Gasteiger partial charge is 0.371 e. The molecule has 1 aromatic carbocycles. The maximum Gasteiger partial charge on any atom is 0.253 e. The maximum atomic E-state index is 12.9. The zero-order chi connectivity index (χ0) is 21.4. The van der Waals surface area contributed by atoms with Gasteiger partial charge in [0.05, 0.1) is 5.56 Å². The monoisotopic (exact) mass is 401 g/mol. The molecule has 0 aliphatic carbocycles. The standard InChI is InChI=1S/C24H39N3O2/c1-6-8-9-19(7-2)23(28)26-20-10-11-22(27-14-12-18(5)13-15-27)21(16-20)24(29)25-17(3)4/h10-11,16-19H,6-9,12-15H2,1-5H3,(H,25,29)(H,26,28)/t19-/m1/s1. The Morgan fingerprint density at radius 1 is 1.17 bits per heavy atom. The Kier molecular flexibility index (Phi) is 8.99. The van der Waals surface area contributed by atoms with Gasteiger partial charge in [-0.1, -0.05) is 33.6 Å². The minimum Gasteiger partial charge on any atom is -0.371 e. The SMILES string of the molecule is CCCC[C@@H](CC)C(=O)Nc1ccc(N2CCC(C)CC2)c(C(=O)NC(C)C)c1. The van der Waals surface area contributed by atoms with Gasteiger partial charge in [-0.15, -0.1) is 0 Å². The van der Waals surface area contributed by atoms with E-state index in [1.165, 1.54) is 0 Å². The third-order valence-electron chi connectivity index (χ3n) is 5.82. The Labute approximate surface area is 176 Å². The van der Waals surface area contributed by atoms with Crippen molar-refractivity contribution in [1.29, 1.82) is 0 Å². The second-order valence-electron chi connectivity index (χ2n) is 8.77.